The minimum absolute atomic E-state index is 0.145. The number of ether oxygens (including phenoxy) is 1. The van der Waals surface area contributed by atoms with Crippen molar-refractivity contribution in [1.82, 2.24) is 24.6 Å². The van der Waals surface area contributed by atoms with Crippen LogP contribution >= 0.6 is 12.2 Å². The Morgan fingerprint density at radius 3 is 2.69 bits per heavy atom. The van der Waals surface area contributed by atoms with Crippen LogP contribution in [0.25, 0.3) is 11.4 Å². The molecule has 1 unspecified atom stereocenters. The van der Waals surface area contributed by atoms with E-state index in [1.165, 1.54) is 0 Å². The predicted molar refractivity (Wildman–Crippen MR) is 100.0 cm³/mol. The van der Waals surface area contributed by atoms with Crippen LogP contribution in [0, 0.1) is 4.77 Å². The van der Waals surface area contributed by atoms with E-state index in [1.807, 2.05) is 39.9 Å². The molecular formula is C18H23N5O2S. The highest BCUT2D eigenvalue weighted by molar-refractivity contribution is 7.71. The smallest absolute Gasteiger partial charge is 0.251 e. The van der Waals surface area contributed by atoms with Crippen molar-refractivity contribution >= 4 is 18.1 Å². The molecule has 0 saturated carbocycles. The Kier molecular flexibility index (Phi) is 5.14. The molecule has 4 rings (SSSR count). The standard InChI is InChI=1S/C18H23N5O2S/c24-17(15-7-4-12-25-15)22-10-8-21(9-11-22)13-23-18(26)19-16(20-23)14-5-2-1-3-6-14/h1-3,5-6,15H,4,7-13H2,(H,19,20,26). The fourth-order valence-electron chi connectivity index (χ4n) is 3.46. The normalized spacial score (nSPS) is 21.2. The van der Waals surface area contributed by atoms with Crippen molar-refractivity contribution in [2.45, 2.75) is 25.6 Å². The number of hydrogen-bond acceptors (Lipinski definition) is 5. The summed E-state index contributed by atoms with van der Waals surface area (Å²) < 4.78 is 7.94. The molecule has 2 saturated heterocycles. The number of H-pyrrole nitrogens is 1. The zero-order valence-electron chi connectivity index (χ0n) is 14.6. The van der Waals surface area contributed by atoms with Crippen LogP contribution in [0.2, 0.25) is 0 Å². The predicted octanol–water partition coefficient (Wildman–Crippen LogP) is 1.89. The lowest BCUT2D eigenvalue weighted by molar-refractivity contribution is -0.142. The molecule has 2 fully saturated rings. The van der Waals surface area contributed by atoms with Crippen molar-refractivity contribution in [3.05, 3.63) is 35.1 Å². The second-order valence-corrected chi connectivity index (χ2v) is 7.10. The highest BCUT2D eigenvalue weighted by atomic mass is 32.1. The van der Waals surface area contributed by atoms with E-state index in [1.54, 1.807) is 0 Å². The first kappa shape index (κ1) is 17.4. The van der Waals surface area contributed by atoms with E-state index in [0.717, 1.165) is 50.4 Å². The zero-order chi connectivity index (χ0) is 17.9. The van der Waals surface area contributed by atoms with Gasteiger partial charge in [0.25, 0.3) is 5.91 Å². The summed E-state index contributed by atoms with van der Waals surface area (Å²) in [5.41, 5.74) is 1.02. The number of amides is 1. The van der Waals surface area contributed by atoms with Crippen LogP contribution in [0.5, 0.6) is 0 Å². The molecule has 3 heterocycles. The van der Waals surface area contributed by atoms with E-state index < -0.39 is 0 Å². The SMILES string of the molecule is O=C(C1CCCO1)N1CCN(Cn2[nH]c(-c3ccccc3)nc2=S)CC1. The number of benzene rings is 1. The van der Waals surface area contributed by atoms with Gasteiger partial charge in [0.2, 0.25) is 4.77 Å². The highest BCUT2D eigenvalue weighted by Gasteiger charge is 2.30. The molecular weight excluding hydrogens is 350 g/mol. The van der Waals surface area contributed by atoms with E-state index in [4.69, 9.17) is 17.0 Å². The van der Waals surface area contributed by atoms with E-state index >= 15 is 0 Å². The summed E-state index contributed by atoms with van der Waals surface area (Å²) >= 11 is 5.39. The summed E-state index contributed by atoms with van der Waals surface area (Å²) in [7, 11) is 0. The molecule has 1 amide bonds. The molecule has 1 atom stereocenters. The van der Waals surface area contributed by atoms with Crippen LogP contribution in [0.15, 0.2) is 30.3 Å². The summed E-state index contributed by atoms with van der Waals surface area (Å²) in [5, 5.41) is 3.28. The van der Waals surface area contributed by atoms with Crippen LogP contribution in [0.4, 0.5) is 0 Å². The van der Waals surface area contributed by atoms with Gasteiger partial charge in [-0.2, -0.15) is 4.98 Å². The number of aromatic amines is 1. The third-order valence-corrected chi connectivity index (χ3v) is 5.27. The molecule has 2 aliphatic heterocycles. The van der Waals surface area contributed by atoms with E-state index in [-0.39, 0.29) is 12.0 Å². The minimum atomic E-state index is -0.226. The summed E-state index contributed by atoms with van der Waals surface area (Å²) in [6, 6.07) is 9.96. The van der Waals surface area contributed by atoms with Gasteiger partial charge in [0, 0.05) is 38.3 Å². The number of nitrogens with one attached hydrogen (secondary N) is 1. The summed E-state index contributed by atoms with van der Waals surface area (Å²) in [6.45, 7) is 4.45. The van der Waals surface area contributed by atoms with Crippen LogP contribution in [0.1, 0.15) is 12.8 Å². The largest absolute Gasteiger partial charge is 0.368 e. The molecule has 26 heavy (non-hydrogen) atoms. The van der Waals surface area contributed by atoms with E-state index in [2.05, 4.69) is 15.0 Å². The Labute approximate surface area is 157 Å². The van der Waals surface area contributed by atoms with E-state index in [0.29, 0.717) is 18.0 Å². The highest BCUT2D eigenvalue weighted by Crippen LogP contribution is 2.17. The van der Waals surface area contributed by atoms with Gasteiger partial charge in [0.15, 0.2) is 5.82 Å². The Morgan fingerprint density at radius 2 is 2.00 bits per heavy atom. The van der Waals surface area contributed by atoms with Gasteiger partial charge in [0.1, 0.15) is 6.10 Å². The third-order valence-electron chi connectivity index (χ3n) is 4.96. The molecule has 7 nitrogen and oxygen atoms in total. The van der Waals surface area contributed by atoms with Gasteiger partial charge in [-0.25, -0.2) is 4.68 Å². The van der Waals surface area contributed by atoms with Crippen LogP contribution in [-0.2, 0) is 16.2 Å². The minimum Gasteiger partial charge on any atom is -0.368 e. The topological polar surface area (TPSA) is 66.4 Å². The summed E-state index contributed by atoms with van der Waals surface area (Å²) in [5.74, 6) is 0.925. The van der Waals surface area contributed by atoms with Crippen molar-refractivity contribution in [2.75, 3.05) is 32.8 Å². The van der Waals surface area contributed by atoms with Gasteiger partial charge in [0.05, 0.1) is 6.67 Å². The molecule has 2 aromatic rings. The molecule has 8 heteroatoms. The Morgan fingerprint density at radius 1 is 1.23 bits per heavy atom. The number of carbonyl (C=O) groups excluding carboxylic acids is 1. The molecule has 0 bridgehead atoms. The van der Waals surface area contributed by atoms with E-state index in [9.17, 15) is 4.79 Å². The monoisotopic (exact) mass is 373 g/mol. The number of rotatable bonds is 4. The number of nitrogens with zero attached hydrogens (tertiary/aromatic N) is 4. The zero-order valence-corrected chi connectivity index (χ0v) is 15.5. The third kappa shape index (κ3) is 3.72. The van der Waals surface area contributed by atoms with Crippen molar-refractivity contribution in [1.29, 1.82) is 0 Å². The second kappa shape index (κ2) is 7.69. The summed E-state index contributed by atoms with van der Waals surface area (Å²) in [6.07, 6.45) is 1.61. The van der Waals surface area contributed by atoms with Gasteiger partial charge in [-0.3, -0.25) is 14.8 Å². The van der Waals surface area contributed by atoms with Gasteiger partial charge in [-0.1, -0.05) is 30.3 Å². The Balaban J connectivity index is 1.35. The lowest BCUT2D eigenvalue weighted by Crippen LogP contribution is -2.51. The molecule has 0 radical (unpaired) electrons. The van der Waals surface area contributed by atoms with Crippen molar-refractivity contribution < 1.29 is 9.53 Å². The van der Waals surface area contributed by atoms with Gasteiger partial charge >= 0.3 is 0 Å². The fourth-order valence-corrected chi connectivity index (χ4v) is 3.66. The molecule has 1 aromatic heterocycles. The second-order valence-electron chi connectivity index (χ2n) is 6.74. The lowest BCUT2D eigenvalue weighted by Gasteiger charge is -2.35. The maximum atomic E-state index is 12.4. The summed E-state index contributed by atoms with van der Waals surface area (Å²) in [4.78, 5) is 21.1. The average Bonchev–Trinajstić information content (AvgIpc) is 3.33. The Hall–Kier alpha value is -2.03. The van der Waals surface area contributed by atoms with Crippen molar-refractivity contribution in [3.63, 3.8) is 0 Å². The average molecular weight is 373 g/mol. The quantitative estimate of drug-likeness (QED) is 0.829. The molecule has 1 N–H and O–H groups in total. The van der Waals surface area contributed by atoms with Crippen LogP contribution in [-0.4, -0.2) is 69.4 Å². The number of hydrogen-bond donors (Lipinski definition) is 1. The van der Waals surface area contributed by atoms with Gasteiger partial charge in [-0.05, 0) is 25.1 Å². The molecule has 1 aromatic carbocycles. The number of piperazine rings is 1. The number of carbonyl (C=O) groups is 1. The number of aromatic nitrogens is 3. The van der Waals surface area contributed by atoms with Crippen molar-refractivity contribution in [3.8, 4) is 11.4 Å². The lowest BCUT2D eigenvalue weighted by atomic mass is 10.2. The van der Waals surface area contributed by atoms with Crippen molar-refractivity contribution in [2.24, 2.45) is 0 Å². The first-order valence-electron chi connectivity index (χ1n) is 9.06. The fraction of sp³-hybridized carbons (Fsp3) is 0.500. The molecule has 2 aliphatic rings. The maximum absolute atomic E-state index is 12.4. The van der Waals surface area contributed by atoms with Crippen LogP contribution in [0.3, 0.4) is 0 Å². The first-order valence-corrected chi connectivity index (χ1v) is 9.46. The molecule has 138 valence electrons. The maximum Gasteiger partial charge on any atom is 0.251 e. The van der Waals surface area contributed by atoms with Crippen LogP contribution < -0.4 is 0 Å². The Bertz CT molecular complexity index is 804. The molecule has 0 spiro atoms. The first-order chi connectivity index (χ1) is 12.7. The van der Waals surface area contributed by atoms with Gasteiger partial charge in [-0.15, -0.1) is 0 Å². The van der Waals surface area contributed by atoms with Gasteiger partial charge < -0.3 is 9.64 Å². The molecule has 0 aliphatic carbocycles.